The van der Waals surface area contributed by atoms with Gasteiger partial charge in [0.25, 0.3) is 0 Å². The van der Waals surface area contributed by atoms with Crippen LogP contribution in [0.15, 0.2) is 24.3 Å². The summed E-state index contributed by atoms with van der Waals surface area (Å²) < 4.78 is 0. The molecule has 1 aliphatic heterocycles. The molecule has 0 bridgehead atoms. The van der Waals surface area contributed by atoms with Crippen LogP contribution in [0.25, 0.3) is 11.3 Å². The number of thiazole rings is 1. The van der Waals surface area contributed by atoms with Gasteiger partial charge in [-0.25, -0.2) is 9.78 Å². The zero-order valence-electron chi connectivity index (χ0n) is 8.75. The summed E-state index contributed by atoms with van der Waals surface area (Å²) in [5.74, 6) is 0. The topological polar surface area (TPSA) is 79.5 Å². The summed E-state index contributed by atoms with van der Waals surface area (Å²) in [4.78, 5) is 17.7. The highest BCUT2D eigenvalue weighted by molar-refractivity contribution is 7.15. The summed E-state index contributed by atoms with van der Waals surface area (Å²) >= 11 is 1.34. The van der Waals surface area contributed by atoms with Crippen LogP contribution in [-0.4, -0.2) is 16.2 Å². The van der Waals surface area contributed by atoms with Crippen LogP contribution in [0, 0.1) is 0 Å². The molecule has 2 aromatic rings. The Kier molecular flexibility index (Phi) is 2.05. The minimum atomic E-state index is -0.963. The number of benzene rings is 1. The highest BCUT2D eigenvalue weighted by Gasteiger charge is 2.28. The van der Waals surface area contributed by atoms with Gasteiger partial charge in [0.15, 0.2) is 5.13 Å². The fourth-order valence-corrected chi connectivity index (χ4v) is 2.83. The zero-order chi connectivity index (χ0) is 12.0. The predicted octanol–water partition coefficient (Wildman–Crippen LogP) is 2.39. The number of hydrogen-bond donors (Lipinski definition) is 2. The van der Waals surface area contributed by atoms with Crippen molar-refractivity contribution in [3.63, 3.8) is 0 Å². The van der Waals surface area contributed by atoms with Gasteiger partial charge in [0.1, 0.15) is 0 Å². The molecule has 0 aliphatic carbocycles. The van der Waals surface area contributed by atoms with Gasteiger partial charge in [0.2, 0.25) is 0 Å². The monoisotopic (exact) mass is 247 g/mol. The molecule has 0 radical (unpaired) electrons. The molecule has 6 heteroatoms. The van der Waals surface area contributed by atoms with Crippen molar-refractivity contribution < 1.29 is 9.90 Å². The molecule has 3 N–H and O–H groups in total. The van der Waals surface area contributed by atoms with Crippen molar-refractivity contribution in [2.24, 2.45) is 0 Å². The lowest BCUT2D eigenvalue weighted by Gasteiger charge is -2.25. The molecule has 0 saturated carbocycles. The lowest BCUT2D eigenvalue weighted by molar-refractivity contribution is 0.201. The first-order valence-electron chi connectivity index (χ1n) is 5.02. The largest absolute Gasteiger partial charge is 0.465 e. The van der Waals surface area contributed by atoms with Gasteiger partial charge in [-0.05, 0) is 6.07 Å². The Bertz CT molecular complexity index is 609. The number of carbonyl (C=O) groups is 1. The van der Waals surface area contributed by atoms with E-state index in [-0.39, 0.29) is 0 Å². The van der Waals surface area contributed by atoms with Crippen LogP contribution in [0.5, 0.6) is 0 Å². The van der Waals surface area contributed by atoms with E-state index in [4.69, 9.17) is 5.73 Å². The third-order valence-corrected chi connectivity index (χ3v) is 3.57. The van der Waals surface area contributed by atoms with Gasteiger partial charge < -0.3 is 10.8 Å². The molecule has 5 nitrogen and oxygen atoms in total. The van der Waals surface area contributed by atoms with E-state index in [0.717, 1.165) is 16.1 Å². The first-order chi connectivity index (χ1) is 8.16. The average Bonchev–Trinajstić information content (AvgIpc) is 2.68. The molecule has 0 saturated heterocycles. The van der Waals surface area contributed by atoms with Gasteiger partial charge in [-0.15, -0.1) is 0 Å². The zero-order valence-corrected chi connectivity index (χ0v) is 9.57. The van der Waals surface area contributed by atoms with Gasteiger partial charge in [-0.2, -0.15) is 0 Å². The minimum absolute atomic E-state index is 0.316. The molecule has 0 spiro atoms. The Morgan fingerprint density at radius 1 is 1.47 bits per heavy atom. The standard InChI is InChI=1S/C11H9N3O2S/c12-10-13-9-6-3-1-2-4-7(6)14(11(15)16)5-8(9)17-10/h1-4H,5H2,(H2,12,13)(H,15,16). The van der Waals surface area contributed by atoms with Crippen molar-refractivity contribution in [3.8, 4) is 11.3 Å². The molecule has 0 fully saturated rings. The van der Waals surface area contributed by atoms with Gasteiger partial charge in [-0.1, -0.05) is 29.5 Å². The molecule has 1 amide bonds. The summed E-state index contributed by atoms with van der Waals surface area (Å²) in [5, 5.41) is 9.67. The maximum atomic E-state index is 11.2. The van der Waals surface area contributed by atoms with Gasteiger partial charge >= 0.3 is 6.09 Å². The number of hydrogen-bond acceptors (Lipinski definition) is 4. The Morgan fingerprint density at radius 2 is 2.24 bits per heavy atom. The maximum absolute atomic E-state index is 11.2. The Morgan fingerprint density at radius 3 is 3.00 bits per heavy atom. The number of para-hydroxylation sites is 1. The summed E-state index contributed by atoms with van der Waals surface area (Å²) in [6, 6.07) is 7.32. The Labute approximate surface area is 101 Å². The number of nitrogen functional groups attached to an aromatic ring is 1. The molecular weight excluding hydrogens is 238 g/mol. The second-order valence-electron chi connectivity index (χ2n) is 3.71. The maximum Gasteiger partial charge on any atom is 0.412 e. The van der Waals surface area contributed by atoms with E-state index in [2.05, 4.69) is 4.98 Å². The number of anilines is 2. The predicted molar refractivity (Wildman–Crippen MR) is 66.2 cm³/mol. The number of rotatable bonds is 0. The van der Waals surface area contributed by atoms with Crippen molar-refractivity contribution in [2.75, 3.05) is 10.6 Å². The van der Waals surface area contributed by atoms with E-state index < -0.39 is 6.09 Å². The van der Waals surface area contributed by atoms with Crippen molar-refractivity contribution in [2.45, 2.75) is 6.54 Å². The normalized spacial score (nSPS) is 13.1. The number of carboxylic acid groups (broad SMARTS) is 1. The second kappa shape index (κ2) is 3.46. The SMILES string of the molecule is Nc1nc2c(s1)CN(C(=O)O)c1ccccc1-2. The van der Waals surface area contributed by atoms with E-state index in [1.165, 1.54) is 16.2 Å². The molecule has 3 rings (SSSR count). The Hall–Kier alpha value is -2.08. The summed E-state index contributed by atoms with van der Waals surface area (Å²) in [5.41, 5.74) is 7.97. The van der Waals surface area contributed by atoms with E-state index in [0.29, 0.717) is 17.4 Å². The van der Waals surface area contributed by atoms with Crippen molar-refractivity contribution in [1.82, 2.24) is 4.98 Å². The van der Waals surface area contributed by atoms with E-state index in [1.54, 1.807) is 6.07 Å². The lowest BCUT2D eigenvalue weighted by Crippen LogP contribution is -2.31. The van der Waals surface area contributed by atoms with Crippen LogP contribution in [0.3, 0.4) is 0 Å². The molecule has 0 atom stereocenters. The van der Waals surface area contributed by atoms with Crippen LogP contribution in [-0.2, 0) is 6.54 Å². The van der Waals surface area contributed by atoms with Crippen LogP contribution in [0.2, 0.25) is 0 Å². The number of nitrogens with two attached hydrogens (primary N) is 1. The number of fused-ring (bicyclic) bond motifs is 3. The summed E-state index contributed by atoms with van der Waals surface area (Å²) in [6.45, 7) is 0.316. The van der Waals surface area contributed by atoms with E-state index >= 15 is 0 Å². The highest BCUT2D eigenvalue weighted by atomic mass is 32.1. The molecule has 17 heavy (non-hydrogen) atoms. The van der Waals surface area contributed by atoms with Crippen LogP contribution >= 0.6 is 11.3 Å². The van der Waals surface area contributed by atoms with Gasteiger partial charge in [-0.3, -0.25) is 4.90 Å². The fourth-order valence-electron chi connectivity index (χ4n) is 2.00. The smallest absolute Gasteiger partial charge is 0.412 e. The van der Waals surface area contributed by atoms with Gasteiger partial charge in [0.05, 0.1) is 22.8 Å². The van der Waals surface area contributed by atoms with Crippen LogP contribution < -0.4 is 10.6 Å². The first-order valence-corrected chi connectivity index (χ1v) is 5.83. The van der Waals surface area contributed by atoms with Crippen LogP contribution in [0.1, 0.15) is 4.88 Å². The molecule has 1 aromatic carbocycles. The van der Waals surface area contributed by atoms with E-state index in [9.17, 15) is 9.90 Å². The fraction of sp³-hybridized carbons (Fsp3) is 0.0909. The molecule has 1 aromatic heterocycles. The lowest BCUT2D eigenvalue weighted by atomic mass is 10.0. The number of amides is 1. The number of aromatic nitrogens is 1. The summed E-state index contributed by atoms with van der Waals surface area (Å²) in [6.07, 6.45) is -0.963. The molecule has 0 unspecified atom stereocenters. The number of nitrogens with zero attached hydrogens (tertiary/aromatic N) is 2. The van der Waals surface area contributed by atoms with E-state index in [1.807, 2.05) is 18.2 Å². The van der Waals surface area contributed by atoms with Gasteiger partial charge in [0, 0.05) is 5.56 Å². The molecular formula is C11H9N3O2S. The average molecular weight is 247 g/mol. The second-order valence-corrected chi connectivity index (χ2v) is 4.82. The van der Waals surface area contributed by atoms with Crippen molar-refractivity contribution in [3.05, 3.63) is 29.1 Å². The minimum Gasteiger partial charge on any atom is -0.465 e. The Balaban J connectivity index is 2.25. The molecule has 1 aliphatic rings. The van der Waals surface area contributed by atoms with Crippen molar-refractivity contribution in [1.29, 1.82) is 0 Å². The third-order valence-electron chi connectivity index (χ3n) is 2.70. The van der Waals surface area contributed by atoms with Crippen molar-refractivity contribution >= 4 is 28.2 Å². The third kappa shape index (κ3) is 1.45. The summed E-state index contributed by atoms with van der Waals surface area (Å²) in [7, 11) is 0. The highest BCUT2D eigenvalue weighted by Crippen LogP contribution is 2.41. The molecule has 2 heterocycles. The quantitative estimate of drug-likeness (QED) is 0.749. The first kappa shape index (κ1) is 10.1. The van der Waals surface area contributed by atoms with Crippen LogP contribution in [0.4, 0.5) is 15.6 Å². The molecule has 86 valence electrons.